The van der Waals surface area contributed by atoms with E-state index in [-0.39, 0.29) is 0 Å². The van der Waals surface area contributed by atoms with E-state index in [4.69, 9.17) is 9.84 Å². The fraction of sp³-hybridized carbons (Fsp3) is 0.800. The van der Waals surface area contributed by atoms with Gasteiger partial charge in [-0.2, -0.15) is 11.8 Å². The average molecular weight is 250 g/mol. The highest BCUT2D eigenvalue weighted by molar-refractivity contribution is 7.98. The van der Waals surface area contributed by atoms with Gasteiger partial charge in [0.05, 0.1) is 0 Å². The van der Waals surface area contributed by atoms with E-state index in [1.165, 1.54) is 11.8 Å². The zero-order valence-electron chi connectivity index (χ0n) is 10.1. The second kappa shape index (κ2) is 6.62. The van der Waals surface area contributed by atoms with Gasteiger partial charge in [0.15, 0.2) is 0 Å². The number of hydrogen-bond acceptors (Lipinski definition) is 4. The van der Waals surface area contributed by atoms with Gasteiger partial charge in [-0.05, 0) is 39.2 Å². The van der Waals surface area contributed by atoms with Gasteiger partial charge in [-0.25, -0.2) is 9.59 Å². The maximum absolute atomic E-state index is 11.3. The lowest BCUT2D eigenvalue weighted by atomic mass is 10.2. The van der Waals surface area contributed by atoms with Crippen LogP contribution in [0.3, 0.4) is 0 Å². The highest BCUT2D eigenvalue weighted by atomic mass is 32.2. The minimum atomic E-state index is -1.04. The standard InChI is InChI=1S/C10H19NO4S/c1-10(2,3)15-9(14)11-7(8(12)13)5-6-16-4/h7H,5-6H2,1-4H3,(H,11,14)(H,12,13)/t7-/m0/s1/i8+1. The predicted octanol–water partition coefficient (Wildman–Crippen LogP) is 1.72. The monoisotopic (exact) mass is 250 g/mol. The lowest BCUT2D eigenvalue weighted by Crippen LogP contribution is -2.43. The molecule has 2 N–H and O–H groups in total. The zero-order valence-corrected chi connectivity index (χ0v) is 10.9. The molecule has 5 nitrogen and oxygen atoms in total. The summed E-state index contributed by atoms with van der Waals surface area (Å²) in [7, 11) is 0. The molecular formula is C10H19NO4S. The van der Waals surface area contributed by atoms with Gasteiger partial charge in [0.1, 0.15) is 11.6 Å². The molecule has 1 atom stereocenters. The first kappa shape index (κ1) is 15.1. The van der Waals surface area contributed by atoms with Crippen LogP contribution in [0.2, 0.25) is 0 Å². The zero-order chi connectivity index (χ0) is 12.8. The maximum atomic E-state index is 11.3. The second-order valence-corrected chi connectivity index (χ2v) is 5.30. The molecule has 0 aliphatic heterocycles. The number of thioether (sulfide) groups is 1. The molecule has 0 aliphatic rings. The Kier molecular flexibility index (Phi) is 6.25. The quantitative estimate of drug-likeness (QED) is 0.727. The van der Waals surface area contributed by atoms with Crippen molar-refractivity contribution in [1.82, 2.24) is 5.32 Å². The van der Waals surface area contributed by atoms with Crippen LogP contribution in [-0.4, -0.2) is 40.8 Å². The van der Waals surface area contributed by atoms with Crippen molar-refractivity contribution >= 4 is 23.8 Å². The Morgan fingerprint density at radius 2 is 2.00 bits per heavy atom. The van der Waals surface area contributed by atoms with Crippen molar-refractivity contribution in [2.24, 2.45) is 0 Å². The van der Waals surface area contributed by atoms with Gasteiger partial charge in [0.2, 0.25) is 0 Å². The van der Waals surface area contributed by atoms with Crippen LogP contribution in [0.4, 0.5) is 4.79 Å². The summed E-state index contributed by atoms with van der Waals surface area (Å²) in [6.45, 7) is 5.18. The number of carbonyl (C=O) groups is 2. The Morgan fingerprint density at radius 3 is 2.38 bits per heavy atom. The van der Waals surface area contributed by atoms with Crippen molar-refractivity contribution < 1.29 is 19.4 Å². The van der Waals surface area contributed by atoms with E-state index in [2.05, 4.69) is 5.32 Å². The van der Waals surface area contributed by atoms with E-state index in [1.54, 1.807) is 20.8 Å². The molecule has 16 heavy (non-hydrogen) atoms. The number of nitrogens with one attached hydrogen (secondary N) is 1. The highest BCUT2D eigenvalue weighted by Gasteiger charge is 2.23. The molecule has 0 aromatic rings. The summed E-state index contributed by atoms with van der Waals surface area (Å²) in [5, 5.41) is 11.2. The van der Waals surface area contributed by atoms with Crippen LogP contribution < -0.4 is 5.32 Å². The minimum Gasteiger partial charge on any atom is -0.480 e. The molecule has 0 saturated carbocycles. The molecule has 0 saturated heterocycles. The fourth-order valence-electron chi connectivity index (χ4n) is 0.943. The van der Waals surface area contributed by atoms with Crippen LogP contribution in [0.25, 0.3) is 0 Å². The van der Waals surface area contributed by atoms with Crippen molar-refractivity contribution in [2.45, 2.75) is 38.8 Å². The Labute approximate surface area is 99.9 Å². The van der Waals surface area contributed by atoms with E-state index in [1.807, 2.05) is 6.26 Å². The molecule has 0 aromatic carbocycles. The summed E-state index contributed by atoms with van der Waals surface area (Å²) in [6.07, 6.45) is 1.57. The van der Waals surface area contributed by atoms with Crippen LogP contribution >= 0.6 is 11.8 Å². The first-order valence-electron chi connectivity index (χ1n) is 4.97. The lowest BCUT2D eigenvalue weighted by molar-refractivity contribution is -0.139. The lowest BCUT2D eigenvalue weighted by Gasteiger charge is -2.21. The topological polar surface area (TPSA) is 75.6 Å². The molecule has 0 heterocycles. The van der Waals surface area contributed by atoms with Crippen LogP contribution in [0.15, 0.2) is 0 Å². The van der Waals surface area contributed by atoms with Crippen molar-refractivity contribution in [1.29, 1.82) is 0 Å². The SMILES string of the molecule is CSCC[C@H](NC(=O)OC(C)(C)C)[13C](=O)O. The van der Waals surface area contributed by atoms with Gasteiger partial charge in [-0.1, -0.05) is 0 Å². The highest BCUT2D eigenvalue weighted by Crippen LogP contribution is 2.08. The molecule has 0 unspecified atom stereocenters. The summed E-state index contributed by atoms with van der Waals surface area (Å²) < 4.78 is 4.98. The molecule has 0 aromatic heterocycles. The van der Waals surface area contributed by atoms with Crippen molar-refractivity contribution in [3.8, 4) is 0 Å². The van der Waals surface area contributed by atoms with Gasteiger partial charge in [0.25, 0.3) is 0 Å². The second-order valence-electron chi connectivity index (χ2n) is 4.32. The Balaban J connectivity index is 4.19. The normalized spacial score (nSPS) is 13.0. The number of alkyl carbamates (subject to hydrolysis) is 1. The van der Waals surface area contributed by atoms with E-state index in [9.17, 15) is 9.59 Å². The average Bonchev–Trinajstić information content (AvgIpc) is 2.08. The third-order valence-corrected chi connectivity index (χ3v) is 2.24. The number of aliphatic carboxylic acids is 1. The predicted molar refractivity (Wildman–Crippen MR) is 63.8 cm³/mol. The first-order valence-corrected chi connectivity index (χ1v) is 6.37. The summed E-state index contributed by atoms with van der Waals surface area (Å²) >= 11 is 1.53. The van der Waals surface area contributed by atoms with Gasteiger partial charge >= 0.3 is 12.1 Å². The van der Waals surface area contributed by atoms with E-state index in [0.717, 1.165) is 0 Å². The van der Waals surface area contributed by atoms with E-state index < -0.39 is 23.7 Å². The summed E-state index contributed by atoms with van der Waals surface area (Å²) in [5.74, 6) is -0.368. The number of rotatable bonds is 5. The smallest absolute Gasteiger partial charge is 0.408 e. The number of carboxylic acid groups (broad SMARTS) is 1. The van der Waals surface area contributed by atoms with Gasteiger partial charge < -0.3 is 15.2 Å². The van der Waals surface area contributed by atoms with Gasteiger partial charge in [-0.15, -0.1) is 0 Å². The van der Waals surface area contributed by atoms with Crippen LogP contribution in [0.5, 0.6) is 0 Å². The fourth-order valence-corrected chi connectivity index (χ4v) is 1.41. The van der Waals surface area contributed by atoms with E-state index >= 15 is 0 Å². The molecule has 0 rings (SSSR count). The summed E-state index contributed by atoms with van der Waals surface area (Å²) in [6, 6.07) is -0.887. The van der Waals surface area contributed by atoms with Crippen LogP contribution in [0.1, 0.15) is 27.2 Å². The number of hydrogen-bond donors (Lipinski definition) is 2. The van der Waals surface area contributed by atoms with Crippen LogP contribution in [0, 0.1) is 0 Å². The van der Waals surface area contributed by atoms with E-state index in [0.29, 0.717) is 12.2 Å². The molecule has 6 heteroatoms. The number of carboxylic acids is 1. The third kappa shape index (κ3) is 7.39. The molecule has 0 aliphatic carbocycles. The van der Waals surface area contributed by atoms with Crippen molar-refractivity contribution in [3.05, 3.63) is 0 Å². The molecule has 0 spiro atoms. The molecule has 0 fully saturated rings. The summed E-state index contributed by atoms with van der Waals surface area (Å²) in [4.78, 5) is 22.2. The molecule has 1 amide bonds. The molecule has 94 valence electrons. The third-order valence-electron chi connectivity index (χ3n) is 1.60. The van der Waals surface area contributed by atoms with Gasteiger partial charge in [0, 0.05) is 0 Å². The molecular weight excluding hydrogens is 231 g/mol. The number of carbonyl (C=O) groups excluding carboxylic acids is 1. The van der Waals surface area contributed by atoms with Crippen molar-refractivity contribution in [2.75, 3.05) is 12.0 Å². The Bertz CT molecular complexity index is 250. The molecule has 0 radical (unpaired) electrons. The Hall–Kier alpha value is -0.910. The number of ether oxygens (including phenoxy) is 1. The number of amides is 1. The van der Waals surface area contributed by atoms with Crippen LogP contribution in [-0.2, 0) is 9.53 Å². The molecule has 0 bridgehead atoms. The first-order chi connectivity index (χ1) is 7.26. The summed E-state index contributed by atoms with van der Waals surface area (Å²) in [5.41, 5.74) is -0.618. The Morgan fingerprint density at radius 1 is 1.44 bits per heavy atom. The van der Waals surface area contributed by atoms with Crippen molar-refractivity contribution in [3.63, 3.8) is 0 Å². The largest absolute Gasteiger partial charge is 0.480 e. The van der Waals surface area contributed by atoms with Gasteiger partial charge in [-0.3, -0.25) is 0 Å². The maximum Gasteiger partial charge on any atom is 0.408 e. The minimum absolute atomic E-state index is 0.385.